The maximum Gasteiger partial charge on any atom is 0.435 e. The van der Waals surface area contributed by atoms with Crippen LogP contribution >= 0.6 is 0 Å². The van der Waals surface area contributed by atoms with Gasteiger partial charge in [-0.2, -0.15) is 18.3 Å². The number of anilines is 1. The molecule has 0 spiro atoms. The van der Waals surface area contributed by atoms with Crippen molar-refractivity contribution in [2.75, 3.05) is 5.32 Å². The molecule has 1 amide bonds. The van der Waals surface area contributed by atoms with Gasteiger partial charge in [0.25, 0.3) is 5.91 Å². The van der Waals surface area contributed by atoms with Gasteiger partial charge in [0, 0.05) is 11.4 Å². The number of hydrogen-bond donors (Lipinski definition) is 1. The van der Waals surface area contributed by atoms with E-state index < -0.39 is 29.3 Å². The highest BCUT2D eigenvalue weighted by Gasteiger charge is 2.42. The third-order valence-electron chi connectivity index (χ3n) is 4.39. The van der Waals surface area contributed by atoms with Gasteiger partial charge >= 0.3 is 6.18 Å². The Hall–Kier alpha value is -3.83. The normalized spacial score (nSPS) is 12.0. The van der Waals surface area contributed by atoms with E-state index in [2.05, 4.69) is 25.7 Å². The lowest BCUT2D eigenvalue weighted by Gasteiger charge is -2.11. The maximum absolute atomic E-state index is 13.7. The van der Waals surface area contributed by atoms with E-state index in [9.17, 15) is 22.4 Å². The molecule has 0 saturated carbocycles. The second-order valence-corrected chi connectivity index (χ2v) is 6.95. The largest absolute Gasteiger partial charge is 0.435 e. The van der Waals surface area contributed by atoms with Crippen LogP contribution in [0.15, 0.2) is 42.7 Å². The van der Waals surface area contributed by atoms with E-state index >= 15 is 0 Å². The predicted octanol–water partition coefficient (Wildman–Crippen LogP) is 4.00. The number of fused-ring (bicyclic) bond motifs is 1. The van der Waals surface area contributed by atoms with Crippen molar-refractivity contribution < 1.29 is 22.4 Å². The van der Waals surface area contributed by atoms with Gasteiger partial charge in [-0.25, -0.2) is 18.7 Å². The summed E-state index contributed by atoms with van der Waals surface area (Å²) < 4.78 is 56.7. The van der Waals surface area contributed by atoms with Crippen molar-refractivity contribution in [3.8, 4) is 5.69 Å². The molecular formula is C19H15F4N7O. The first-order chi connectivity index (χ1) is 14.6. The first-order valence-electron chi connectivity index (χ1n) is 9.08. The molecule has 0 unspecified atom stereocenters. The van der Waals surface area contributed by atoms with E-state index in [1.54, 1.807) is 10.9 Å². The Morgan fingerprint density at radius 1 is 1.16 bits per heavy atom. The van der Waals surface area contributed by atoms with E-state index in [-0.39, 0.29) is 17.4 Å². The molecule has 0 aliphatic rings. The quantitative estimate of drug-likeness (QED) is 0.492. The van der Waals surface area contributed by atoms with Gasteiger partial charge in [0.2, 0.25) is 0 Å². The number of nitrogens with zero attached hydrogens (tertiary/aromatic N) is 6. The van der Waals surface area contributed by atoms with E-state index in [0.29, 0.717) is 15.7 Å². The summed E-state index contributed by atoms with van der Waals surface area (Å²) >= 11 is 0. The number of benzene rings is 1. The number of amides is 1. The molecule has 3 heterocycles. The van der Waals surface area contributed by atoms with Crippen LogP contribution in [0.5, 0.6) is 0 Å². The topological polar surface area (TPSA) is 90.5 Å². The second-order valence-electron chi connectivity index (χ2n) is 6.95. The SMILES string of the molecule is CC(C)n1ncc2cc(NC(=O)c3nnn(-c4cccc(F)c4)c3C(F)(F)F)cnc21. The third kappa shape index (κ3) is 3.83. The Morgan fingerprint density at radius 2 is 1.94 bits per heavy atom. The van der Waals surface area contributed by atoms with Gasteiger partial charge in [-0.05, 0) is 38.1 Å². The first kappa shape index (κ1) is 20.4. The summed E-state index contributed by atoms with van der Waals surface area (Å²) in [4.78, 5) is 16.8. The minimum atomic E-state index is -4.97. The Morgan fingerprint density at radius 3 is 2.61 bits per heavy atom. The molecule has 1 aromatic carbocycles. The molecule has 0 atom stereocenters. The number of aromatic nitrogens is 6. The number of nitrogens with one attached hydrogen (secondary N) is 1. The Bertz CT molecular complexity index is 1280. The highest BCUT2D eigenvalue weighted by molar-refractivity contribution is 6.04. The fraction of sp³-hybridized carbons (Fsp3) is 0.211. The molecule has 0 aliphatic heterocycles. The van der Waals surface area contributed by atoms with Crippen LogP contribution < -0.4 is 5.32 Å². The van der Waals surface area contributed by atoms with Crippen LogP contribution in [0.25, 0.3) is 16.7 Å². The molecule has 1 N–H and O–H groups in total. The molecule has 160 valence electrons. The highest BCUT2D eigenvalue weighted by Crippen LogP contribution is 2.33. The highest BCUT2D eigenvalue weighted by atomic mass is 19.4. The minimum Gasteiger partial charge on any atom is -0.319 e. The summed E-state index contributed by atoms with van der Waals surface area (Å²) in [6, 6.07) is 5.97. The first-order valence-corrected chi connectivity index (χ1v) is 9.08. The van der Waals surface area contributed by atoms with E-state index in [1.807, 2.05) is 13.8 Å². The molecule has 0 fully saturated rings. The fourth-order valence-corrected chi connectivity index (χ4v) is 3.05. The van der Waals surface area contributed by atoms with Gasteiger partial charge in [0.05, 0.1) is 23.8 Å². The number of carbonyl (C=O) groups excluding carboxylic acids is 1. The minimum absolute atomic E-state index is 0.0534. The molecule has 0 radical (unpaired) electrons. The third-order valence-corrected chi connectivity index (χ3v) is 4.39. The Balaban J connectivity index is 1.70. The summed E-state index contributed by atoms with van der Waals surface area (Å²) in [6.45, 7) is 3.84. The lowest BCUT2D eigenvalue weighted by molar-refractivity contribution is -0.143. The molecule has 31 heavy (non-hydrogen) atoms. The molecule has 0 saturated heterocycles. The summed E-state index contributed by atoms with van der Waals surface area (Å²) in [6.07, 6.45) is -2.12. The zero-order valence-electron chi connectivity index (χ0n) is 16.2. The van der Waals surface area contributed by atoms with Crippen molar-refractivity contribution in [3.05, 3.63) is 59.9 Å². The molecule has 4 rings (SSSR count). The molecule has 8 nitrogen and oxygen atoms in total. The fourth-order valence-electron chi connectivity index (χ4n) is 3.05. The lowest BCUT2D eigenvalue weighted by atomic mass is 10.2. The number of carbonyl (C=O) groups is 1. The van der Waals surface area contributed by atoms with Crippen molar-refractivity contribution in [1.82, 2.24) is 29.8 Å². The average Bonchev–Trinajstić information content (AvgIpc) is 3.32. The predicted molar refractivity (Wildman–Crippen MR) is 102 cm³/mol. The molecule has 4 aromatic rings. The van der Waals surface area contributed by atoms with Crippen molar-refractivity contribution >= 4 is 22.6 Å². The molecule has 12 heteroatoms. The summed E-state index contributed by atoms with van der Waals surface area (Å²) in [5.74, 6) is -1.89. The zero-order valence-corrected chi connectivity index (χ0v) is 16.2. The Kier molecular flexibility index (Phi) is 4.91. The van der Waals surface area contributed by atoms with Crippen LogP contribution in [0.3, 0.4) is 0 Å². The van der Waals surface area contributed by atoms with E-state index in [0.717, 1.165) is 12.1 Å². The van der Waals surface area contributed by atoms with Crippen molar-refractivity contribution in [1.29, 1.82) is 0 Å². The van der Waals surface area contributed by atoms with Gasteiger partial charge in [-0.3, -0.25) is 4.79 Å². The van der Waals surface area contributed by atoms with E-state index in [1.165, 1.54) is 24.4 Å². The average molecular weight is 433 g/mol. The summed E-state index contributed by atoms with van der Waals surface area (Å²) in [5.41, 5.74) is -1.86. The standard InChI is InChI=1S/C19H15F4N7O/c1-10(2)29-17-11(8-25-29)6-13(9-24-17)26-18(31)15-16(19(21,22)23)30(28-27-15)14-5-3-4-12(20)7-14/h3-10H,1-2H3,(H,26,31). The maximum atomic E-state index is 13.7. The van der Waals surface area contributed by atoms with Crippen LogP contribution in [-0.4, -0.2) is 35.7 Å². The van der Waals surface area contributed by atoms with Crippen molar-refractivity contribution in [2.45, 2.75) is 26.1 Å². The molecule has 0 aliphatic carbocycles. The van der Waals surface area contributed by atoms with E-state index in [4.69, 9.17) is 0 Å². The van der Waals surface area contributed by atoms with Gasteiger partial charge < -0.3 is 5.32 Å². The molecular weight excluding hydrogens is 418 g/mol. The van der Waals surface area contributed by atoms with Crippen LogP contribution in [0.2, 0.25) is 0 Å². The van der Waals surface area contributed by atoms with Crippen LogP contribution in [0.1, 0.15) is 36.1 Å². The lowest BCUT2D eigenvalue weighted by Crippen LogP contribution is -2.21. The molecule has 0 bridgehead atoms. The number of halogens is 4. The Labute approximate surface area is 172 Å². The number of hydrogen-bond acceptors (Lipinski definition) is 5. The number of rotatable bonds is 4. The number of alkyl halides is 3. The number of pyridine rings is 1. The summed E-state index contributed by atoms with van der Waals surface area (Å²) in [5, 5.41) is 14.0. The van der Waals surface area contributed by atoms with Gasteiger partial charge in [0.1, 0.15) is 5.82 Å². The van der Waals surface area contributed by atoms with Crippen LogP contribution in [0.4, 0.5) is 23.2 Å². The van der Waals surface area contributed by atoms with Crippen molar-refractivity contribution in [3.63, 3.8) is 0 Å². The van der Waals surface area contributed by atoms with Gasteiger partial charge in [-0.15, -0.1) is 5.10 Å². The monoisotopic (exact) mass is 433 g/mol. The van der Waals surface area contributed by atoms with Gasteiger partial charge in [-0.1, -0.05) is 11.3 Å². The zero-order chi connectivity index (χ0) is 22.3. The van der Waals surface area contributed by atoms with Crippen LogP contribution in [0, 0.1) is 5.82 Å². The smallest absolute Gasteiger partial charge is 0.319 e. The second kappa shape index (κ2) is 7.45. The van der Waals surface area contributed by atoms with Gasteiger partial charge in [0.15, 0.2) is 17.0 Å². The molecule has 3 aromatic heterocycles. The van der Waals surface area contributed by atoms with Crippen LogP contribution in [-0.2, 0) is 6.18 Å². The summed E-state index contributed by atoms with van der Waals surface area (Å²) in [7, 11) is 0. The van der Waals surface area contributed by atoms with Crippen molar-refractivity contribution in [2.24, 2.45) is 0 Å².